The van der Waals surface area contributed by atoms with Crippen molar-refractivity contribution >= 4 is 40.6 Å². The standard InChI is InChI=1S/C17H13FN2OS3/c18-14-8-4-5-12(9-14)10-22-16-19-20-17(24-16)23-11-15(21)13-6-2-1-3-7-13/h1-9H,10-11H2. The van der Waals surface area contributed by atoms with Crippen molar-refractivity contribution in [3.63, 3.8) is 0 Å². The van der Waals surface area contributed by atoms with Crippen LogP contribution in [0.15, 0.2) is 63.3 Å². The zero-order valence-corrected chi connectivity index (χ0v) is 15.0. The second kappa shape index (κ2) is 8.41. The number of thioether (sulfide) groups is 2. The first kappa shape index (κ1) is 17.1. The predicted octanol–water partition coefficient (Wildman–Crippen LogP) is 4.94. The minimum Gasteiger partial charge on any atom is -0.293 e. The molecule has 1 heterocycles. The van der Waals surface area contributed by atoms with Crippen LogP contribution in [0.5, 0.6) is 0 Å². The zero-order valence-electron chi connectivity index (χ0n) is 12.5. The Morgan fingerprint density at radius 3 is 2.50 bits per heavy atom. The highest BCUT2D eigenvalue weighted by Gasteiger charge is 2.10. The molecule has 0 N–H and O–H groups in total. The molecule has 0 fully saturated rings. The van der Waals surface area contributed by atoms with Crippen molar-refractivity contribution in [3.05, 3.63) is 71.5 Å². The van der Waals surface area contributed by atoms with Gasteiger partial charge in [0.05, 0.1) is 5.75 Å². The first-order valence-electron chi connectivity index (χ1n) is 7.12. The Morgan fingerprint density at radius 1 is 1.00 bits per heavy atom. The van der Waals surface area contributed by atoms with E-state index in [1.165, 1.54) is 47.0 Å². The summed E-state index contributed by atoms with van der Waals surface area (Å²) >= 11 is 4.36. The smallest absolute Gasteiger partial charge is 0.175 e. The number of aromatic nitrogens is 2. The second-order valence-corrected chi connectivity index (χ2v) is 8.25. The summed E-state index contributed by atoms with van der Waals surface area (Å²) in [6.45, 7) is 0. The van der Waals surface area contributed by atoms with Crippen LogP contribution in [0.3, 0.4) is 0 Å². The van der Waals surface area contributed by atoms with Crippen molar-refractivity contribution in [3.8, 4) is 0 Å². The monoisotopic (exact) mass is 376 g/mol. The van der Waals surface area contributed by atoms with Crippen molar-refractivity contribution in [2.75, 3.05) is 5.75 Å². The molecular formula is C17H13FN2OS3. The van der Waals surface area contributed by atoms with Gasteiger partial charge in [-0.15, -0.1) is 10.2 Å². The Morgan fingerprint density at radius 2 is 1.75 bits per heavy atom. The average molecular weight is 377 g/mol. The number of rotatable bonds is 7. The minimum atomic E-state index is -0.235. The number of halogens is 1. The van der Waals surface area contributed by atoms with E-state index < -0.39 is 0 Å². The van der Waals surface area contributed by atoms with Crippen LogP contribution in [0.25, 0.3) is 0 Å². The lowest BCUT2D eigenvalue weighted by molar-refractivity contribution is 0.102. The van der Waals surface area contributed by atoms with Crippen molar-refractivity contribution < 1.29 is 9.18 Å². The van der Waals surface area contributed by atoms with E-state index in [0.29, 0.717) is 17.1 Å². The van der Waals surface area contributed by atoms with Gasteiger partial charge >= 0.3 is 0 Å². The fourth-order valence-electron chi connectivity index (χ4n) is 1.92. The van der Waals surface area contributed by atoms with E-state index in [1.807, 2.05) is 36.4 Å². The van der Waals surface area contributed by atoms with Crippen LogP contribution < -0.4 is 0 Å². The van der Waals surface area contributed by atoms with Gasteiger partial charge in [-0.2, -0.15) is 0 Å². The lowest BCUT2D eigenvalue weighted by Gasteiger charge is -1.98. The molecule has 0 aliphatic rings. The quantitative estimate of drug-likeness (QED) is 0.431. The SMILES string of the molecule is O=C(CSc1nnc(SCc2cccc(F)c2)s1)c1ccccc1. The van der Waals surface area contributed by atoms with Gasteiger partial charge in [-0.3, -0.25) is 4.79 Å². The number of carbonyl (C=O) groups is 1. The topological polar surface area (TPSA) is 42.9 Å². The van der Waals surface area contributed by atoms with Gasteiger partial charge in [-0.05, 0) is 17.7 Å². The maximum atomic E-state index is 13.1. The molecule has 7 heteroatoms. The van der Waals surface area contributed by atoms with Crippen LogP contribution >= 0.6 is 34.9 Å². The Kier molecular flexibility index (Phi) is 6.01. The summed E-state index contributed by atoms with van der Waals surface area (Å²) in [6.07, 6.45) is 0. The Labute approximate surface area is 151 Å². The number of hydrogen-bond donors (Lipinski definition) is 0. The molecule has 0 aliphatic heterocycles. The van der Waals surface area contributed by atoms with E-state index >= 15 is 0 Å². The molecule has 1 aromatic heterocycles. The molecule has 0 atom stereocenters. The molecule has 0 saturated heterocycles. The van der Waals surface area contributed by atoms with Gasteiger partial charge in [0.15, 0.2) is 14.5 Å². The molecule has 2 aromatic carbocycles. The van der Waals surface area contributed by atoms with Gasteiger partial charge in [0, 0.05) is 11.3 Å². The highest BCUT2D eigenvalue weighted by molar-refractivity contribution is 8.03. The van der Waals surface area contributed by atoms with Gasteiger partial charge in [0.1, 0.15) is 5.82 Å². The van der Waals surface area contributed by atoms with Gasteiger partial charge in [-0.1, -0.05) is 77.3 Å². The maximum absolute atomic E-state index is 13.1. The summed E-state index contributed by atoms with van der Waals surface area (Å²) in [5.74, 6) is 0.818. The van der Waals surface area contributed by atoms with Crippen molar-refractivity contribution in [2.45, 2.75) is 14.4 Å². The fourth-order valence-corrected chi connectivity index (χ4v) is 4.78. The molecule has 0 unspecified atom stereocenters. The number of carbonyl (C=O) groups excluding carboxylic acids is 1. The summed E-state index contributed by atoms with van der Waals surface area (Å²) in [7, 11) is 0. The first-order chi connectivity index (χ1) is 11.7. The Balaban J connectivity index is 1.51. The largest absolute Gasteiger partial charge is 0.293 e. The van der Waals surface area contributed by atoms with E-state index in [1.54, 1.807) is 6.07 Å². The minimum absolute atomic E-state index is 0.0739. The third-order valence-electron chi connectivity index (χ3n) is 3.06. The van der Waals surface area contributed by atoms with E-state index in [2.05, 4.69) is 10.2 Å². The van der Waals surface area contributed by atoms with Gasteiger partial charge in [0.2, 0.25) is 0 Å². The van der Waals surface area contributed by atoms with E-state index in [-0.39, 0.29) is 11.6 Å². The van der Waals surface area contributed by atoms with Crippen molar-refractivity contribution in [2.24, 2.45) is 0 Å². The van der Waals surface area contributed by atoms with Crippen molar-refractivity contribution in [1.82, 2.24) is 10.2 Å². The van der Waals surface area contributed by atoms with Crippen LogP contribution in [0, 0.1) is 5.82 Å². The molecule has 24 heavy (non-hydrogen) atoms. The van der Waals surface area contributed by atoms with Gasteiger partial charge in [0.25, 0.3) is 0 Å². The third kappa shape index (κ3) is 4.90. The van der Waals surface area contributed by atoms with E-state index in [9.17, 15) is 9.18 Å². The van der Waals surface area contributed by atoms with Crippen LogP contribution in [-0.4, -0.2) is 21.7 Å². The fraction of sp³-hybridized carbons (Fsp3) is 0.118. The molecule has 0 radical (unpaired) electrons. The predicted molar refractivity (Wildman–Crippen MR) is 97.4 cm³/mol. The maximum Gasteiger partial charge on any atom is 0.175 e. The number of Topliss-reactive ketones (excluding diaryl/α,β-unsaturated/α-hetero) is 1. The summed E-state index contributed by atoms with van der Waals surface area (Å²) in [4.78, 5) is 12.1. The molecule has 0 saturated carbocycles. The summed E-state index contributed by atoms with van der Waals surface area (Å²) < 4.78 is 14.7. The van der Waals surface area contributed by atoms with Crippen LogP contribution in [-0.2, 0) is 5.75 Å². The molecular weight excluding hydrogens is 363 g/mol. The lowest BCUT2D eigenvalue weighted by atomic mass is 10.2. The second-order valence-electron chi connectivity index (χ2n) is 4.83. The van der Waals surface area contributed by atoms with Crippen LogP contribution in [0.4, 0.5) is 4.39 Å². The molecule has 122 valence electrons. The first-order valence-corrected chi connectivity index (χ1v) is 9.91. The van der Waals surface area contributed by atoms with E-state index in [4.69, 9.17) is 0 Å². The molecule has 0 spiro atoms. The Hall–Kier alpha value is -1.70. The zero-order chi connectivity index (χ0) is 16.8. The highest BCUT2D eigenvalue weighted by atomic mass is 32.2. The number of hydrogen-bond acceptors (Lipinski definition) is 6. The number of ketones is 1. The average Bonchev–Trinajstić information content (AvgIpc) is 3.07. The van der Waals surface area contributed by atoms with Gasteiger partial charge in [-0.25, -0.2) is 4.39 Å². The van der Waals surface area contributed by atoms with Gasteiger partial charge < -0.3 is 0 Å². The summed E-state index contributed by atoms with van der Waals surface area (Å²) in [5, 5.41) is 8.21. The summed E-state index contributed by atoms with van der Waals surface area (Å²) in [5.41, 5.74) is 1.61. The molecule has 0 bridgehead atoms. The molecule has 0 aliphatic carbocycles. The number of nitrogens with zero attached hydrogens (tertiary/aromatic N) is 2. The molecule has 3 nitrogen and oxygen atoms in total. The molecule has 3 aromatic rings. The third-order valence-corrected chi connectivity index (χ3v) is 6.32. The van der Waals surface area contributed by atoms with Crippen molar-refractivity contribution in [1.29, 1.82) is 0 Å². The normalized spacial score (nSPS) is 10.7. The lowest BCUT2D eigenvalue weighted by Crippen LogP contribution is -2.01. The van der Waals surface area contributed by atoms with Crippen LogP contribution in [0.2, 0.25) is 0 Å². The summed E-state index contributed by atoms with van der Waals surface area (Å²) in [6, 6.07) is 15.7. The molecule has 0 amide bonds. The number of benzene rings is 2. The Bertz CT molecular complexity index is 823. The van der Waals surface area contributed by atoms with E-state index in [0.717, 1.165) is 14.2 Å². The molecule has 3 rings (SSSR count). The van der Waals surface area contributed by atoms with Crippen LogP contribution in [0.1, 0.15) is 15.9 Å². The highest BCUT2D eigenvalue weighted by Crippen LogP contribution is 2.31.